The highest BCUT2D eigenvalue weighted by Crippen LogP contribution is 2.18. The van der Waals surface area contributed by atoms with Gasteiger partial charge in [0.05, 0.1) is 5.92 Å². The van der Waals surface area contributed by atoms with E-state index in [1.165, 1.54) is 6.92 Å². The molecular formula is C16H20N2O4. The molecule has 0 aliphatic carbocycles. The number of nitrogens with zero attached hydrogens (tertiary/aromatic N) is 1. The Kier molecular flexibility index (Phi) is 5.14. The summed E-state index contributed by atoms with van der Waals surface area (Å²) in [6.07, 6.45) is 0.888. The quantitative estimate of drug-likeness (QED) is 0.808. The van der Waals surface area contributed by atoms with Crippen LogP contribution in [0.15, 0.2) is 30.3 Å². The summed E-state index contributed by atoms with van der Waals surface area (Å²) in [6.45, 7) is 2.33. The van der Waals surface area contributed by atoms with Gasteiger partial charge < -0.3 is 15.3 Å². The number of likely N-dealkylation sites (tertiary alicyclic amines) is 1. The van der Waals surface area contributed by atoms with Gasteiger partial charge in [-0.1, -0.05) is 30.3 Å². The summed E-state index contributed by atoms with van der Waals surface area (Å²) in [5.74, 6) is -1.98. The predicted octanol–water partition coefficient (Wildman–Crippen LogP) is 0.667. The second kappa shape index (κ2) is 7.06. The van der Waals surface area contributed by atoms with Gasteiger partial charge in [0, 0.05) is 19.5 Å². The Balaban J connectivity index is 1.85. The fourth-order valence-corrected chi connectivity index (χ4v) is 2.47. The summed E-state index contributed by atoms with van der Waals surface area (Å²) in [6, 6.07) is 8.89. The standard InChI is InChI=1S/C16H20N2O4/c1-11(16(21)22)17-15(20)13-9-14(19)18(10-13)8-7-12-5-3-2-4-6-12/h2-6,11,13H,7-10H2,1H3,(H,17,20)(H,21,22). The molecule has 2 amide bonds. The van der Waals surface area contributed by atoms with Gasteiger partial charge in [-0.05, 0) is 18.9 Å². The first-order chi connectivity index (χ1) is 10.5. The number of hydrogen-bond acceptors (Lipinski definition) is 3. The molecular weight excluding hydrogens is 284 g/mol. The van der Waals surface area contributed by atoms with Crippen molar-refractivity contribution in [1.82, 2.24) is 10.2 Å². The predicted molar refractivity (Wildman–Crippen MR) is 80.1 cm³/mol. The van der Waals surface area contributed by atoms with Gasteiger partial charge in [-0.3, -0.25) is 14.4 Å². The molecule has 2 atom stereocenters. The number of amides is 2. The Morgan fingerprint density at radius 2 is 2.05 bits per heavy atom. The fraction of sp³-hybridized carbons (Fsp3) is 0.438. The normalized spacial score (nSPS) is 19.0. The molecule has 6 heteroatoms. The minimum Gasteiger partial charge on any atom is -0.480 e. The molecule has 2 unspecified atom stereocenters. The maximum Gasteiger partial charge on any atom is 0.325 e. The van der Waals surface area contributed by atoms with Crippen LogP contribution in [0.4, 0.5) is 0 Å². The van der Waals surface area contributed by atoms with Gasteiger partial charge in [-0.25, -0.2) is 0 Å². The summed E-state index contributed by atoms with van der Waals surface area (Å²) in [4.78, 5) is 36.3. The van der Waals surface area contributed by atoms with Crippen LogP contribution in [0.5, 0.6) is 0 Å². The van der Waals surface area contributed by atoms with Gasteiger partial charge >= 0.3 is 5.97 Å². The molecule has 1 aromatic rings. The number of nitrogens with one attached hydrogen (secondary N) is 1. The number of carbonyl (C=O) groups excluding carboxylic acids is 2. The zero-order chi connectivity index (χ0) is 16.1. The first-order valence-corrected chi connectivity index (χ1v) is 7.32. The molecule has 1 fully saturated rings. The lowest BCUT2D eigenvalue weighted by atomic mass is 10.1. The zero-order valence-electron chi connectivity index (χ0n) is 12.5. The Hall–Kier alpha value is -2.37. The maximum atomic E-state index is 12.0. The third kappa shape index (κ3) is 4.07. The molecule has 22 heavy (non-hydrogen) atoms. The van der Waals surface area contributed by atoms with E-state index in [1.807, 2.05) is 30.3 Å². The first-order valence-electron chi connectivity index (χ1n) is 7.32. The van der Waals surface area contributed by atoms with E-state index in [0.29, 0.717) is 13.1 Å². The first kappa shape index (κ1) is 16.0. The van der Waals surface area contributed by atoms with Crippen LogP contribution in [0.2, 0.25) is 0 Å². The Morgan fingerprint density at radius 1 is 1.36 bits per heavy atom. The summed E-state index contributed by atoms with van der Waals surface area (Å²) in [7, 11) is 0. The monoisotopic (exact) mass is 304 g/mol. The highest BCUT2D eigenvalue weighted by Gasteiger charge is 2.34. The van der Waals surface area contributed by atoms with E-state index in [1.54, 1.807) is 4.90 Å². The van der Waals surface area contributed by atoms with E-state index < -0.39 is 17.9 Å². The van der Waals surface area contributed by atoms with Crippen molar-refractivity contribution in [3.63, 3.8) is 0 Å². The molecule has 0 radical (unpaired) electrons. The van der Waals surface area contributed by atoms with E-state index in [0.717, 1.165) is 12.0 Å². The molecule has 1 aromatic carbocycles. The molecule has 1 saturated heterocycles. The molecule has 0 spiro atoms. The van der Waals surface area contributed by atoms with E-state index in [9.17, 15) is 14.4 Å². The zero-order valence-corrected chi connectivity index (χ0v) is 12.5. The van der Waals surface area contributed by atoms with Gasteiger partial charge in [0.15, 0.2) is 0 Å². The SMILES string of the molecule is CC(NC(=O)C1CC(=O)N(CCc2ccccc2)C1)C(=O)O. The number of hydrogen-bond donors (Lipinski definition) is 2. The maximum absolute atomic E-state index is 12.0. The second-order valence-corrected chi connectivity index (χ2v) is 5.54. The van der Waals surface area contributed by atoms with Gasteiger partial charge in [0.1, 0.15) is 6.04 Å². The number of carboxylic acids is 1. The van der Waals surface area contributed by atoms with Gasteiger partial charge in [0.2, 0.25) is 11.8 Å². The van der Waals surface area contributed by atoms with Crippen LogP contribution in [0.3, 0.4) is 0 Å². The van der Waals surface area contributed by atoms with E-state index in [2.05, 4.69) is 5.32 Å². The lowest BCUT2D eigenvalue weighted by Crippen LogP contribution is -2.42. The molecule has 1 aliphatic heterocycles. The highest BCUT2D eigenvalue weighted by atomic mass is 16.4. The lowest BCUT2D eigenvalue weighted by Gasteiger charge is -2.17. The van der Waals surface area contributed by atoms with Gasteiger partial charge in [-0.2, -0.15) is 0 Å². The van der Waals surface area contributed by atoms with Crippen molar-refractivity contribution in [2.75, 3.05) is 13.1 Å². The van der Waals surface area contributed by atoms with Crippen LogP contribution < -0.4 is 5.32 Å². The molecule has 0 saturated carbocycles. The number of carbonyl (C=O) groups is 3. The van der Waals surface area contributed by atoms with Crippen molar-refractivity contribution in [2.45, 2.75) is 25.8 Å². The van der Waals surface area contributed by atoms with E-state index >= 15 is 0 Å². The van der Waals surface area contributed by atoms with Crippen molar-refractivity contribution in [2.24, 2.45) is 5.92 Å². The summed E-state index contributed by atoms with van der Waals surface area (Å²) >= 11 is 0. The number of aliphatic carboxylic acids is 1. The van der Waals surface area contributed by atoms with Crippen LogP contribution >= 0.6 is 0 Å². The molecule has 2 N–H and O–H groups in total. The van der Waals surface area contributed by atoms with E-state index in [-0.39, 0.29) is 18.2 Å². The van der Waals surface area contributed by atoms with Crippen LogP contribution in [-0.4, -0.2) is 46.9 Å². The molecule has 0 bridgehead atoms. The molecule has 0 aromatic heterocycles. The summed E-state index contributed by atoms with van der Waals surface area (Å²) in [5.41, 5.74) is 1.14. The third-order valence-electron chi connectivity index (χ3n) is 3.83. The second-order valence-electron chi connectivity index (χ2n) is 5.54. The fourth-order valence-electron chi connectivity index (χ4n) is 2.47. The molecule has 1 aliphatic rings. The molecule has 1 heterocycles. The van der Waals surface area contributed by atoms with Crippen LogP contribution in [-0.2, 0) is 20.8 Å². The molecule has 118 valence electrons. The lowest BCUT2D eigenvalue weighted by molar-refractivity contribution is -0.141. The summed E-state index contributed by atoms with van der Waals surface area (Å²) < 4.78 is 0. The Bertz CT molecular complexity index is 559. The van der Waals surface area contributed by atoms with Crippen molar-refractivity contribution < 1.29 is 19.5 Å². The number of carboxylic acid groups (broad SMARTS) is 1. The number of benzene rings is 1. The molecule has 2 rings (SSSR count). The highest BCUT2D eigenvalue weighted by molar-refractivity contribution is 5.91. The summed E-state index contributed by atoms with van der Waals surface area (Å²) in [5, 5.41) is 11.2. The molecule has 6 nitrogen and oxygen atoms in total. The topological polar surface area (TPSA) is 86.7 Å². The third-order valence-corrected chi connectivity index (χ3v) is 3.83. The smallest absolute Gasteiger partial charge is 0.325 e. The minimum absolute atomic E-state index is 0.0564. The van der Waals surface area contributed by atoms with Crippen molar-refractivity contribution in [1.29, 1.82) is 0 Å². The largest absolute Gasteiger partial charge is 0.480 e. The van der Waals surface area contributed by atoms with Crippen molar-refractivity contribution in [3.05, 3.63) is 35.9 Å². The Morgan fingerprint density at radius 3 is 2.68 bits per heavy atom. The average molecular weight is 304 g/mol. The van der Waals surface area contributed by atoms with Crippen LogP contribution in [0.1, 0.15) is 18.9 Å². The van der Waals surface area contributed by atoms with Crippen molar-refractivity contribution >= 4 is 17.8 Å². The Labute approximate surface area is 129 Å². The van der Waals surface area contributed by atoms with Gasteiger partial charge in [0.25, 0.3) is 0 Å². The average Bonchev–Trinajstić information content (AvgIpc) is 2.87. The van der Waals surface area contributed by atoms with E-state index in [4.69, 9.17) is 5.11 Å². The minimum atomic E-state index is -1.08. The van der Waals surface area contributed by atoms with Gasteiger partial charge in [-0.15, -0.1) is 0 Å². The van der Waals surface area contributed by atoms with Crippen molar-refractivity contribution in [3.8, 4) is 0 Å². The van der Waals surface area contributed by atoms with Crippen LogP contribution in [0.25, 0.3) is 0 Å². The number of rotatable bonds is 6. The van der Waals surface area contributed by atoms with Crippen LogP contribution in [0, 0.1) is 5.92 Å².